The summed E-state index contributed by atoms with van der Waals surface area (Å²) in [7, 11) is 0. The molecule has 0 saturated carbocycles. The number of alkyl halides is 3. The van der Waals surface area contributed by atoms with Gasteiger partial charge in [-0.1, -0.05) is 45.2 Å². The quantitative estimate of drug-likeness (QED) is 0.635. The van der Waals surface area contributed by atoms with Gasteiger partial charge in [-0.05, 0) is 18.2 Å². The molecule has 0 unspecified atom stereocenters. The Morgan fingerprint density at radius 2 is 1.70 bits per heavy atom. The van der Waals surface area contributed by atoms with Crippen LogP contribution in [0, 0.1) is 0 Å². The minimum absolute atomic E-state index is 0.0448. The second-order valence-corrected chi connectivity index (χ2v) is 5.39. The summed E-state index contributed by atoms with van der Waals surface area (Å²) in [6, 6.07) is 6.33. The second-order valence-electron chi connectivity index (χ2n) is 3.66. The zero-order chi connectivity index (χ0) is 14.9. The fourth-order valence-corrected chi connectivity index (χ4v) is 2.65. The fraction of sp³-hybridized carbons (Fsp3) is 0.0833. The number of hydrogen-bond donors (Lipinski definition) is 0. The van der Waals surface area contributed by atoms with Crippen molar-refractivity contribution in [2.75, 3.05) is 0 Å². The van der Waals surface area contributed by atoms with Gasteiger partial charge in [-0.15, -0.1) is 0 Å². The maximum atomic E-state index is 12.5. The van der Waals surface area contributed by atoms with Gasteiger partial charge in [0.15, 0.2) is 5.75 Å². The zero-order valence-electron chi connectivity index (χ0n) is 9.51. The summed E-state index contributed by atoms with van der Waals surface area (Å²) >= 11 is 15.0. The van der Waals surface area contributed by atoms with Crippen molar-refractivity contribution < 1.29 is 17.9 Å². The van der Waals surface area contributed by atoms with Crippen molar-refractivity contribution in [2.45, 2.75) is 6.18 Å². The van der Waals surface area contributed by atoms with E-state index in [1.54, 1.807) is 0 Å². The molecule has 2 rings (SSSR count). The topological polar surface area (TPSA) is 22.1 Å². The van der Waals surface area contributed by atoms with E-state index >= 15 is 0 Å². The fourth-order valence-electron chi connectivity index (χ4n) is 1.36. The van der Waals surface area contributed by atoms with E-state index in [-0.39, 0.29) is 21.7 Å². The summed E-state index contributed by atoms with van der Waals surface area (Å²) in [4.78, 5) is 3.37. The van der Waals surface area contributed by atoms with Crippen molar-refractivity contribution in [1.29, 1.82) is 0 Å². The van der Waals surface area contributed by atoms with Crippen molar-refractivity contribution in [2.24, 2.45) is 0 Å². The van der Waals surface area contributed by atoms with Gasteiger partial charge in [-0.2, -0.15) is 13.2 Å². The van der Waals surface area contributed by atoms with Crippen LogP contribution in [0.15, 0.2) is 34.8 Å². The Morgan fingerprint density at radius 1 is 1.10 bits per heavy atom. The molecule has 2 nitrogen and oxygen atoms in total. The highest BCUT2D eigenvalue weighted by molar-refractivity contribution is 9.10. The molecule has 8 heteroatoms. The Kier molecular flexibility index (Phi) is 4.46. The zero-order valence-corrected chi connectivity index (χ0v) is 12.6. The van der Waals surface area contributed by atoms with Crippen LogP contribution in [0.2, 0.25) is 10.0 Å². The van der Waals surface area contributed by atoms with Gasteiger partial charge in [0.2, 0.25) is 5.88 Å². The van der Waals surface area contributed by atoms with Crippen LogP contribution in [0.3, 0.4) is 0 Å². The van der Waals surface area contributed by atoms with Gasteiger partial charge in [-0.3, -0.25) is 0 Å². The van der Waals surface area contributed by atoms with Crippen LogP contribution in [0.5, 0.6) is 11.6 Å². The first-order valence-electron chi connectivity index (χ1n) is 5.14. The van der Waals surface area contributed by atoms with Crippen molar-refractivity contribution in [1.82, 2.24) is 4.98 Å². The van der Waals surface area contributed by atoms with Crippen LogP contribution < -0.4 is 4.74 Å². The molecule has 0 radical (unpaired) electrons. The van der Waals surface area contributed by atoms with Gasteiger partial charge >= 0.3 is 6.18 Å². The Balaban J connectivity index is 2.36. The maximum Gasteiger partial charge on any atom is 0.433 e. The maximum absolute atomic E-state index is 12.5. The number of pyridine rings is 1. The van der Waals surface area contributed by atoms with Gasteiger partial charge in [0.05, 0.1) is 10.0 Å². The van der Waals surface area contributed by atoms with Gasteiger partial charge in [0.25, 0.3) is 0 Å². The van der Waals surface area contributed by atoms with Crippen molar-refractivity contribution in [3.05, 3.63) is 50.5 Å². The molecule has 106 valence electrons. The third-order valence-corrected chi connectivity index (χ3v) is 3.20. The molecule has 0 N–H and O–H groups in total. The molecule has 0 aliphatic rings. The van der Waals surface area contributed by atoms with Crippen LogP contribution in [0.4, 0.5) is 13.2 Å². The average molecular weight is 387 g/mol. The molecule has 0 aliphatic heterocycles. The summed E-state index contributed by atoms with van der Waals surface area (Å²) in [5.41, 5.74) is -1.06. The van der Waals surface area contributed by atoms with E-state index in [4.69, 9.17) is 27.9 Å². The first-order chi connectivity index (χ1) is 9.27. The average Bonchev–Trinajstić information content (AvgIpc) is 2.33. The molecule has 1 aromatic carbocycles. The van der Waals surface area contributed by atoms with Crippen LogP contribution in [-0.2, 0) is 6.18 Å². The first-order valence-corrected chi connectivity index (χ1v) is 6.69. The van der Waals surface area contributed by atoms with E-state index in [1.807, 2.05) is 0 Å². The number of nitrogens with zero attached hydrogens (tertiary/aromatic N) is 1. The molecule has 20 heavy (non-hydrogen) atoms. The number of hydrogen-bond acceptors (Lipinski definition) is 2. The smallest absolute Gasteiger partial charge is 0.433 e. The van der Waals surface area contributed by atoms with Crippen molar-refractivity contribution in [3.8, 4) is 11.6 Å². The predicted molar refractivity (Wildman–Crippen MR) is 73.5 cm³/mol. The highest BCUT2D eigenvalue weighted by Gasteiger charge is 2.32. The molecule has 0 amide bonds. The molecule has 0 spiro atoms. The molecule has 0 bridgehead atoms. The standard InChI is InChI=1S/C12H5BrCl2F3NO/c13-6-4-7(14)11(8(15)5-6)20-10-3-1-2-9(19-10)12(16,17)18/h1-5H. The molecule has 2 aromatic rings. The monoisotopic (exact) mass is 385 g/mol. The van der Waals surface area contributed by atoms with Crippen LogP contribution in [0.25, 0.3) is 0 Å². The number of aromatic nitrogens is 1. The normalized spacial score (nSPS) is 11.5. The SMILES string of the molecule is FC(F)(F)c1cccc(Oc2c(Cl)cc(Br)cc2Cl)n1. The van der Waals surface area contributed by atoms with Crippen LogP contribution in [-0.4, -0.2) is 4.98 Å². The van der Waals surface area contributed by atoms with E-state index in [1.165, 1.54) is 24.3 Å². The number of rotatable bonds is 2. The number of benzene rings is 1. The van der Waals surface area contributed by atoms with Gasteiger partial charge < -0.3 is 4.74 Å². The van der Waals surface area contributed by atoms with Crippen LogP contribution in [0.1, 0.15) is 5.69 Å². The lowest BCUT2D eigenvalue weighted by Crippen LogP contribution is -2.08. The lowest BCUT2D eigenvalue weighted by atomic mass is 10.3. The highest BCUT2D eigenvalue weighted by Crippen LogP contribution is 2.38. The van der Waals surface area contributed by atoms with E-state index in [0.717, 1.165) is 6.07 Å². The Labute approximate surface area is 130 Å². The van der Waals surface area contributed by atoms with E-state index in [9.17, 15) is 13.2 Å². The largest absolute Gasteiger partial charge is 0.436 e. The third kappa shape index (κ3) is 3.56. The van der Waals surface area contributed by atoms with E-state index in [0.29, 0.717) is 4.47 Å². The summed E-state index contributed by atoms with van der Waals surface area (Å²) < 4.78 is 43.5. The molecule has 1 aromatic heterocycles. The summed E-state index contributed by atoms with van der Waals surface area (Å²) in [5, 5.41) is 0.312. The van der Waals surface area contributed by atoms with E-state index in [2.05, 4.69) is 20.9 Å². The third-order valence-electron chi connectivity index (χ3n) is 2.18. The van der Waals surface area contributed by atoms with Gasteiger partial charge in [0.1, 0.15) is 5.69 Å². The number of ether oxygens (including phenoxy) is 1. The summed E-state index contributed by atoms with van der Waals surface area (Å²) in [6.07, 6.45) is -4.55. The number of halogens is 6. The molecular formula is C12H5BrCl2F3NO. The molecule has 0 saturated heterocycles. The Morgan fingerprint density at radius 3 is 2.25 bits per heavy atom. The predicted octanol–water partition coefficient (Wildman–Crippen LogP) is 5.96. The Hall–Kier alpha value is -0.980. The minimum atomic E-state index is -4.55. The van der Waals surface area contributed by atoms with Gasteiger partial charge in [0, 0.05) is 10.5 Å². The van der Waals surface area contributed by atoms with Crippen LogP contribution >= 0.6 is 39.1 Å². The molecule has 0 atom stereocenters. The molecule has 1 heterocycles. The Bertz CT molecular complexity index is 626. The lowest BCUT2D eigenvalue weighted by Gasteiger charge is -2.11. The second kappa shape index (κ2) is 5.79. The van der Waals surface area contributed by atoms with Crippen molar-refractivity contribution >= 4 is 39.1 Å². The first kappa shape index (κ1) is 15.4. The van der Waals surface area contributed by atoms with E-state index < -0.39 is 11.9 Å². The molecular weight excluding hydrogens is 382 g/mol. The molecule has 0 fully saturated rings. The molecule has 0 aliphatic carbocycles. The summed E-state index contributed by atoms with van der Waals surface area (Å²) in [5.74, 6) is -0.200. The van der Waals surface area contributed by atoms with Gasteiger partial charge in [-0.25, -0.2) is 4.98 Å². The lowest BCUT2D eigenvalue weighted by molar-refractivity contribution is -0.141. The highest BCUT2D eigenvalue weighted by atomic mass is 79.9. The summed E-state index contributed by atoms with van der Waals surface area (Å²) in [6.45, 7) is 0. The minimum Gasteiger partial charge on any atom is -0.436 e. The van der Waals surface area contributed by atoms with Crippen molar-refractivity contribution in [3.63, 3.8) is 0 Å².